The average Bonchev–Trinajstić information content (AvgIpc) is 2.97. The number of benzene rings is 1. The lowest BCUT2D eigenvalue weighted by Crippen LogP contribution is -2.43. The topological polar surface area (TPSA) is 40.6 Å². The van der Waals surface area contributed by atoms with Gasteiger partial charge in [0.15, 0.2) is 0 Å². The molecule has 1 aromatic carbocycles. The van der Waals surface area contributed by atoms with Gasteiger partial charge in [-0.15, -0.1) is 0 Å². The van der Waals surface area contributed by atoms with E-state index in [0.717, 1.165) is 31.0 Å². The van der Waals surface area contributed by atoms with Crippen LogP contribution in [0.25, 0.3) is 0 Å². The van der Waals surface area contributed by atoms with Gasteiger partial charge in [-0.1, -0.05) is 30.7 Å². The summed E-state index contributed by atoms with van der Waals surface area (Å²) in [7, 11) is 0. The van der Waals surface area contributed by atoms with Crippen LogP contribution in [0.1, 0.15) is 38.2 Å². The molecule has 0 spiro atoms. The Morgan fingerprint density at radius 2 is 1.67 bits per heavy atom. The summed E-state index contributed by atoms with van der Waals surface area (Å²) in [6.45, 7) is 6.82. The molecule has 2 aliphatic heterocycles. The molecule has 5 heteroatoms. The zero-order chi connectivity index (χ0) is 17.3. The van der Waals surface area contributed by atoms with Gasteiger partial charge in [0.1, 0.15) is 0 Å². The van der Waals surface area contributed by atoms with Crippen molar-refractivity contribution in [3.05, 3.63) is 34.9 Å². The van der Waals surface area contributed by atoms with E-state index in [4.69, 9.17) is 11.6 Å². The highest BCUT2D eigenvalue weighted by Crippen LogP contribution is 2.34. The summed E-state index contributed by atoms with van der Waals surface area (Å²) < 4.78 is 0. The molecule has 0 aliphatic carbocycles. The van der Waals surface area contributed by atoms with E-state index in [1.165, 1.54) is 5.56 Å². The number of amides is 2. The van der Waals surface area contributed by atoms with E-state index in [1.54, 1.807) is 6.92 Å². The monoisotopic (exact) mass is 348 g/mol. The quantitative estimate of drug-likeness (QED) is 0.823. The first-order chi connectivity index (χ1) is 11.5. The normalized spacial score (nSPS) is 25.1. The van der Waals surface area contributed by atoms with Crippen molar-refractivity contribution >= 4 is 23.4 Å². The molecular weight excluding hydrogens is 324 g/mol. The van der Waals surface area contributed by atoms with E-state index in [-0.39, 0.29) is 17.7 Å². The lowest BCUT2D eigenvalue weighted by Gasteiger charge is -2.32. The zero-order valence-electron chi connectivity index (χ0n) is 14.4. The van der Waals surface area contributed by atoms with Crippen molar-refractivity contribution in [2.24, 2.45) is 11.8 Å². The molecule has 0 unspecified atom stereocenters. The van der Waals surface area contributed by atoms with Gasteiger partial charge in [-0.25, -0.2) is 0 Å². The Hall–Kier alpha value is -1.55. The molecule has 0 radical (unpaired) electrons. The Balaban J connectivity index is 1.61. The maximum Gasteiger partial charge on any atom is 0.225 e. The Labute approximate surface area is 148 Å². The van der Waals surface area contributed by atoms with Gasteiger partial charge in [0.05, 0.1) is 0 Å². The van der Waals surface area contributed by atoms with Gasteiger partial charge in [0.25, 0.3) is 0 Å². The van der Waals surface area contributed by atoms with Crippen LogP contribution in [0.3, 0.4) is 0 Å². The van der Waals surface area contributed by atoms with Gasteiger partial charge < -0.3 is 9.80 Å². The summed E-state index contributed by atoms with van der Waals surface area (Å²) in [6, 6.07) is 7.99. The Morgan fingerprint density at radius 3 is 2.25 bits per heavy atom. The van der Waals surface area contributed by atoms with Crippen molar-refractivity contribution in [1.29, 1.82) is 0 Å². The van der Waals surface area contributed by atoms with Gasteiger partial charge in [-0.05, 0) is 36.5 Å². The lowest BCUT2D eigenvalue weighted by molar-refractivity contribution is -0.139. The van der Waals surface area contributed by atoms with Crippen molar-refractivity contribution in [3.63, 3.8) is 0 Å². The smallest absolute Gasteiger partial charge is 0.225 e. The summed E-state index contributed by atoms with van der Waals surface area (Å²) in [5.74, 6) is 1.27. The molecule has 2 saturated heterocycles. The molecule has 2 amide bonds. The molecule has 0 bridgehead atoms. The molecule has 0 saturated carbocycles. The molecule has 4 nitrogen and oxygen atoms in total. The van der Waals surface area contributed by atoms with Crippen LogP contribution in [0.2, 0.25) is 5.02 Å². The molecule has 24 heavy (non-hydrogen) atoms. The van der Waals surface area contributed by atoms with Gasteiger partial charge >= 0.3 is 0 Å². The minimum Gasteiger partial charge on any atom is -0.343 e. The van der Waals surface area contributed by atoms with Crippen LogP contribution in [0.15, 0.2) is 24.3 Å². The number of rotatable bonds is 2. The standard InChI is InChI=1S/C19H25ClN2O2/c1-13-11-22(12-18(13)15-3-5-17(20)6-4-15)19(24)16-7-9-21(10-8-16)14(2)23/h3-6,13,16,18H,7-12H2,1-2H3/t13-,18-/m1/s1. The van der Waals surface area contributed by atoms with Crippen molar-refractivity contribution in [3.8, 4) is 0 Å². The summed E-state index contributed by atoms with van der Waals surface area (Å²) >= 11 is 5.98. The highest BCUT2D eigenvalue weighted by Gasteiger charge is 2.37. The van der Waals surface area contributed by atoms with Crippen LogP contribution >= 0.6 is 11.6 Å². The van der Waals surface area contributed by atoms with E-state index in [2.05, 4.69) is 19.1 Å². The summed E-state index contributed by atoms with van der Waals surface area (Å²) in [5.41, 5.74) is 1.26. The summed E-state index contributed by atoms with van der Waals surface area (Å²) in [4.78, 5) is 28.1. The average molecular weight is 349 g/mol. The molecule has 0 aromatic heterocycles. The number of likely N-dealkylation sites (tertiary alicyclic amines) is 2. The van der Waals surface area contributed by atoms with Crippen molar-refractivity contribution < 1.29 is 9.59 Å². The molecule has 2 atom stereocenters. The molecule has 130 valence electrons. The first kappa shape index (κ1) is 17.3. The molecular formula is C19H25ClN2O2. The van der Waals surface area contributed by atoms with E-state index < -0.39 is 0 Å². The third kappa shape index (κ3) is 3.59. The fourth-order valence-corrected chi connectivity index (χ4v) is 4.12. The van der Waals surface area contributed by atoms with E-state index in [0.29, 0.717) is 24.9 Å². The molecule has 2 fully saturated rings. The molecule has 2 aliphatic rings. The van der Waals surface area contributed by atoms with Gasteiger partial charge in [0, 0.05) is 50.0 Å². The second-order valence-electron chi connectivity index (χ2n) is 7.16. The highest BCUT2D eigenvalue weighted by molar-refractivity contribution is 6.30. The minimum absolute atomic E-state index is 0.0665. The lowest BCUT2D eigenvalue weighted by atomic mass is 9.90. The largest absolute Gasteiger partial charge is 0.343 e. The van der Waals surface area contributed by atoms with Gasteiger partial charge in [-0.3, -0.25) is 9.59 Å². The van der Waals surface area contributed by atoms with Crippen LogP contribution in [-0.2, 0) is 9.59 Å². The summed E-state index contributed by atoms with van der Waals surface area (Å²) in [5, 5.41) is 0.745. The number of hydrogen-bond donors (Lipinski definition) is 0. The highest BCUT2D eigenvalue weighted by atomic mass is 35.5. The van der Waals surface area contributed by atoms with E-state index in [1.807, 2.05) is 21.9 Å². The second kappa shape index (κ2) is 7.14. The second-order valence-corrected chi connectivity index (χ2v) is 7.60. The number of halogens is 1. The Morgan fingerprint density at radius 1 is 1.04 bits per heavy atom. The number of nitrogens with zero attached hydrogens (tertiary/aromatic N) is 2. The van der Waals surface area contributed by atoms with Crippen molar-refractivity contribution in [1.82, 2.24) is 9.80 Å². The predicted molar refractivity (Wildman–Crippen MR) is 94.9 cm³/mol. The zero-order valence-corrected chi connectivity index (χ0v) is 15.1. The molecule has 2 heterocycles. The maximum atomic E-state index is 12.9. The first-order valence-corrected chi connectivity index (χ1v) is 9.13. The number of piperidine rings is 1. The fourth-order valence-electron chi connectivity index (χ4n) is 3.99. The molecule has 0 N–H and O–H groups in total. The van der Waals surface area contributed by atoms with Crippen LogP contribution < -0.4 is 0 Å². The maximum absolute atomic E-state index is 12.9. The first-order valence-electron chi connectivity index (χ1n) is 8.75. The van der Waals surface area contributed by atoms with Crippen molar-refractivity contribution in [2.75, 3.05) is 26.2 Å². The van der Waals surface area contributed by atoms with Crippen molar-refractivity contribution in [2.45, 2.75) is 32.6 Å². The summed E-state index contributed by atoms with van der Waals surface area (Å²) in [6.07, 6.45) is 1.57. The third-order valence-electron chi connectivity index (χ3n) is 5.51. The number of hydrogen-bond acceptors (Lipinski definition) is 2. The van der Waals surface area contributed by atoms with Crippen LogP contribution in [0.4, 0.5) is 0 Å². The molecule has 1 aromatic rings. The number of carbonyl (C=O) groups excluding carboxylic acids is 2. The Bertz CT molecular complexity index is 608. The Kier molecular flexibility index (Phi) is 5.14. The van der Waals surface area contributed by atoms with Gasteiger partial charge in [-0.2, -0.15) is 0 Å². The van der Waals surface area contributed by atoms with Crippen LogP contribution in [0, 0.1) is 11.8 Å². The predicted octanol–water partition coefficient (Wildman–Crippen LogP) is 3.16. The fraction of sp³-hybridized carbons (Fsp3) is 0.579. The van der Waals surface area contributed by atoms with E-state index >= 15 is 0 Å². The van der Waals surface area contributed by atoms with Gasteiger partial charge in [0.2, 0.25) is 11.8 Å². The van der Waals surface area contributed by atoms with Crippen LogP contribution in [0.5, 0.6) is 0 Å². The SMILES string of the molecule is CC(=O)N1CCC(C(=O)N2C[C@@H](C)[C@H](c3ccc(Cl)cc3)C2)CC1. The van der Waals surface area contributed by atoms with Crippen LogP contribution in [-0.4, -0.2) is 47.8 Å². The minimum atomic E-state index is 0.0665. The third-order valence-corrected chi connectivity index (χ3v) is 5.76. The molecule has 3 rings (SSSR count). The van der Waals surface area contributed by atoms with E-state index in [9.17, 15) is 9.59 Å². The number of carbonyl (C=O) groups is 2.